The molecule has 2 aliphatic heterocycles. The Bertz CT molecular complexity index is 2150. The molecule has 276 valence electrons. The summed E-state index contributed by atoms with van der Waals surface area (Å²) in [5.41, 5.74) is 19.3. The molecule has 6 aromatic rings. The van der Waals surface area contributed by atoms with Crippen molar-refractivity contribution in [3.63, 3.8) is 0 Å². The van der Waals surface area contributed by atoms with E-state index in [2.05, 4.69) is 58.4 Å². The zero-order valence-corrected chi connectivity index (χ0v) is 31.2. The highest BCUT2D eigenvalue weighted by Crippen LogP contribution is 2.35. The highest BCUT2D eigenvalue weighted by molar-refractivity contribution is 6.30. The molecule has 2 fully saturated rings. The van der Waals surface area contributed by atoms with Crippen molar-refractivity contribution >= 4 is 62.6 Å². The van der Waals surface area contributed by atoms with Crippen molar-refractivity contribution in [2.24, 2.45) is 11.5 Å². The van der Waals surface area contributed by atoms with Crippen molar-refractivity contribution in [2.45, 2.75) is 56.5 Å². The molecule has 0 amide bonds. The molecule has 0 aliphatic carbocycles. The maximum atomic E-state index is 12.5. The van der Waals surface area contributed by atoms with Gasteiger partial charge in [0.15, 0.2) is 11.3 Å². The average Bonchev–Trinajstić information content (AvgIpc) is 3.85. The molecule has 8 rings (SSSR count). The predicted molar refractivity (Wildman–Crippen MR) is 211 cm³/mol. The van der Waals surface area contributed by atoms with E-state index in [1.807, 2.05) is 48.8 Å². The minimum absolute atomic E-state index is 0.160. The Labute approximate surface area is 318 Å². The third-order valence-electron chi connectivity index (χ3n) is 10.4. The fourth-order valence-electron chi connectivity index (χ4n) is 7.44. The number of H-pyrrole nitrogens is 2. The molecular formula is C39H44Cl2N10O2. The Morgan fingerprint density at radius 2 is 1.25 bits per heavy atom. The molecule has 0 radical (unpaired) electrons. The number of carbonyl (C=O) groups is 1. The first-order valence-electron chi connectivity index (χ1n) is 18.0. The summed E-state index contributed by atoms with van der Waals surface area (Å²) in [6.45, 7) is 5.46. The fourth-order valence-corrected chi connectivity index (χ4v) is 7.69. The standard InChI is InChI=1S/C21H24ClN5O2.C18H20ClN5/c1-2-29-20(28)17-12-24-19-16(13-25-26-19)18(17)27-9-7-21(23,8-10-27)11-14-3-5-15(22)6-4-14;19-14-3-1-13(2-4-14)11-18(20)6-9-24(10-7-18)16-5-8-21-17-15(16)12-22-23-17/h3-6,12-13H,2,7-11,23H2,1H3,(H,24,25,26);1-5,8,12H,6-7,9-11,20H2,(H,21,22,23). The zero-order valence-electron chi connectivity index (χ0n) is 29.7. The van der Waals surface area contributed by atoms with E-state index in [0.29, 0.717) is 17.8 Å². The number of piperidine rings is 2. The quantitative estimate of drug-likeness (QED) is 0.126. The number of anilines is 2. The number of nitrogens with two attached hydrogens (primary N) is 2. The molecule has 0 bridgehead atoms. The molecule has 2 aromatic carbocycles. The lowest BCUT2D eigenvalue weighted by atomic mass is 9.82. The molecule has 2 aliphatic rings. The van der Waals surface area contributed by atoms with Gasteiger partial charge in [-0.3, -0.25) is 10.2 Å². The normalized spacial score (nSPS) is 16.7. The summed E-state index contributed by atoms with van der Waals surface area (Å²) in [5, 5.41) is 17.4. The Kier molecular flexibility index (Phi) is 10.8. The highest BCUT2D eigenvalue weighted by atomic mass is 35.5. The van der Waals surface area contributed by atoms with Crippen molar-refractivity contribution in [2.75, 3.05) is 42.6 Å². The van der Waals surface area contributed by atoms with Crippen molar-refractivity contribution < 1.29 is 9.53 Å². The number of benzene rings is 2. The third kappa shape index (κ3) is 8.41. The summed E-state index contributed by atoms with van der Waals surface area (Å²) >= 11 is 12.0. The summed E-state index contributed by atoms with van der Waals surface area (Å²) in [7, 11) is 0. The first-order chi connectivity index (χ1) is 25.6. The average molecular weight is 756 g/mol. The van der Waals surface area contributed by atoms with Crippen LogP contribution < -0.4 is 21.3 Å². The Hall–Kier alpha value is -4.75. The van der Waals surface area contributed by atoms with E-state index in [0.717, 1.165) is 96.9 Å². The highest BCUT2D eigenvalue weighted by Gasteiger charge is 2.34. The van der Waals surface area contributed by atoms with Gasteiger partial charge in [0.1, 0.15) is 5.56 Å². The number of aromatic nitrogens is 6. The summed E-state index contributed by atoms with van der Waals surface area (Å²) in [6, 6.07) is 17.9. The first-order valence-corrected chi connectivity index (χ1v) is 18.7. The summed E-state index contributed by atoms with van der Waals surface area (Å²) in [6.07, 6.45) is 12.1. The van der Waals surface area contributed by atoms with Crippen LogP contribution >= 0.6 is 23.2 Å². The molecule has 0 unspecified atom stereocenters. The fraction of sp³-hybridized carbons (Fsp3) is 0.359. The monoisotopic (exact) mass is 754 g/mol. The number of carbonyl (C=O) groups excluding carboxylic acids is 1. The van der Waals surface area contributed by atoms with Crippen LogP contribution in [0, 0.1) is 0 Å². The molecule has 0 spiro atoms. The second-order valence-corrected chi connectivity index (χ2v) is 15.0. The van der Waals surface area contributed by atoms with Crippen LogP contribution in [0.1, 0.15) is 54.1 Å². The second-order valence-electron chi connectivity index (χ2n) is 14.1. The lowest BCUT2D eigenvalue weighted by molar-refractivity contribution is 0.0526. The van der Waals surface area contributed by atoms with Gasteiger partial charge in [-0.2, -0.15) is 10.2 Å². The molecule has 6 N–H and O–H groups in total. The summed E-state index contributed by atoms with van der Waals surface area (Å²) in [4.78, 5) is 25.7. The van der Waals surface area contributed by atoms with E-state index in [1.165, 1.54) is 16.8 Å². The number of fused-ring (bicyclic) bond motifs is 2. The molecule has 14 heteroatoms. The van der Waals surface area contributed by atoms with Gasteiger partial charge in [0, 0.05) is 59.7 Å². The first kappa shape index (κ1) is 36.6. The van der Waals surface area contributed by atoms with E-state index in [4.69, 9.17) is 39.4 Å². The van der Waals surface area contributed by atoms with Crippen LogP contribution in [-0.2, 0) is 17.6 Å². The number of nitrogens with zero attached hydrogens (tertiary/aromatic N) is 6. The van der Waals surface area contributed by atoms with Gasteiger partial charge in [-0.1, -0.05) is 47.5 Å². The minimum Gasteiger partial charge on any atom is -0.462 e. The van der Waals surface area contributed by atoms with E-state index in [9.17, 15) is 4.79 Å². The number of pyridine rings is 2. The number of hydrogen-bond donors (Lipinski definition) is 4. The molecule has 6 heterocycles. The maximum Gasteiger partial charge on any atom is 0.341 e. The topological polar surface area (TPSA) is 168 Å². The largest absolute Gasteiger partial charge is 0.462 e. The van der Waals surface area contributed by atoms with Gasteiger partial charge < -0.3 is 26.0 Å². The lowest BCUT2D eigenvalue weighted by Gasteiger charge is -2.41. The van der Waals surface area contributed by atoms with E-state index in [1.54, 1.807) is 19.3 Å². The Balaban J connectivity index is 0.000000167. The Morgan fingerprint density at radius 1 is 0.736 bits per heavy atom. The molecule has 2 saturated heterocycles. The number of nitrogens with one attached hydrogen (secondary N) is 2. The van der Waals surface area contributed by atoms with Crippen LogP contribution in [0.4, 0.5) is 11.4 Å². The Morgan fingerprint density at radius 3 is 1.79 bits per heavy atom. The van der Waals surface area contributed by atoms with Gasteiger partial charge >= 0.3 is 5.97 Å². The molecule has 12 nitrogen and oxygen atoms in total. The van der Waals surface area contributed by atoms with Crippen molar-refractivity contribution in [3.05, 3.63) is 106 Å². The minimum atomic E-state index is -0.371. The molecular weight excluding hydrogens is 711 g/mol. The summed E-state index contributed by atoms with van der Waals surface area (Å²) in [5.74, 6) is -0.371. The van der Waals surface area contributed by atoms with Crippen LogP contribution in [0.3, 0.4) is 0 Å². The maximum absolute atomic E-state index is 12.5. The zero-order chi connectivity index (χ0) is 37.0. The smallest absolute Gasteiger partial charge is 0.341 e. The van der Waals surface area contributed by atoms with Gasteiger partial charge in [-0.05, 0) is 86.9 Å². The third-order valence-corrected chi connectivity index (χ3v) is 10.9. The van der Waals surface area contributed by atoms with Crippen LogP contribution in [-0.4, -0.2) is 80.2 Å². The van der Waals surface area contributed by atoms with Crippen LogP contribution in [0.5, 0.6) is 0 Å². The number of ether oxygens (including phenoxy) is 1. The SMILES string of the molecule is CCOC(=O)c1cnc2[nH]ncc2c1N1CCC(N)(Cc2ccc(Cl)cc2)CC1.NC1(Cc2ccc(Cl)cc2)CCN(c2ccnc3[nH]ncc23)CC1. The molecule has 0 saturated carbocycles. The van der Waals surface area contributed by atoms with E-state index >= 15 is 0 Å². The summed E-state index contributed by atoms with van der Waals surface area (Å²) < 4.78 is 5.24. The van der Waals surface area contributed by atoms with Gasteiger partial charge in [0.05, 0.1) is 41.1 Å². The number of halogens is 2. The molecule has 53 heavy (non-hydrogen) atoms. The van der Waals surface area contributed by atoms with Crippen molar-refractivity contribution in [1.82, 2.24) is 30.4 Å². The molecule has 0 atom stereocenters. The van der Waals surface area contributed by atoms with Crippen LogP contribution in [0.25, 0.3) is 22.1 Å². The van der Waals surface area contributed by atoms with Crippen molar-refractivity contribution in [3.8, 4) is 0 Å². The van der Waals surface area contributed by atoms with Crippen LogP contribution in [0.15, 0.2) is 79.4 Å². The van der Waals surface area contributed by atoms with E-state index in [-0.39, 0.29) is 17.0 Å². The lowest BCUT2D eigenvalue weighted by Crippen LogP contribution is -2.52. The number of aromatic amines is 2. The second kappa shape index (κ2) is 15.7. The van der Waals surface area contributed by atoms with Gasteiger partial charge in [0.2, 0.25) is 0 Å². The number of rotatable bonds is 8. The van der Waals surface area contributed by atoms with Gasteiger partial charge in [0.25, 0.3) is 0 Å². The van der Waals surface area contributed by atoms with E-state index < -0.39 is 0 Å². The van der Waals surface area contributed by atoms with Crippen molar-refractivity contribution in [1.29, 1.82) is 0 Å². The molecule has 4 aromatic heterocycles. The number of hydrogen-bond acceptors (Lipinski definition) is 10. The predicted octanol–water partition coefficient (Wildman–Crippen LogP) is 6.48. The van der Waals surface area contributed by atoms with Gasteiger partial charge in [-0.25, -0.2) is 14.8 Å². The number of esters is 1. The van der Waals surface area contributed by atoms with Crippen LogP contribution in [0.2, 0.25) is 10.0 Å². The van der Waals surface area contributed by atoms with Gasteiger partial charge in [-0.15, -0.1) is 0 Å².